The van der Waals surface area contributed by atoms with Crippen LogP contribution in [0.2, 0.25) is 0 Å². The first-order valence-electron chi connectivity index (χ1n) is 12.3. The van der Waals surface area contributed by atoms with Gasteiger partial charge in [-0.1, -0.05) is 86.7 Å². The molecule has 0 saturated carbocycles. The second kappa shape index (κ2) is 11.2. The third kappa shape index (κ3) is 4.83. The lowest BCUT2D eigenvalue weighted by atomic mass is 9.80. The highest BCUT2D eigenvalue weighted by Crippen LogP contribution is 2.49. The van der Waals surface area contributed by atoms with Crippen molar-refractivity contribution in [2.45, 2.75) is 60.4 Å². The minimum Gasteiger partial charge on any atom is -0.341 e. The van der Waals surface area contributed by atoms with E-state index in [9.17, 15) is 0 Å². The summed E-state index contributed by atoms with van der Waals surface area (Å²) in [6, 6.07) is 9.26. The van der Waals surface area contributed by atoms with Crippen LogP contribution in [0.25, 0.3) is 0 Å². The van der Waals surface area contributed by atoms with Gasteiger partial charge in [-0.15, -0.1) is 0 Å². The van der Waals surface area contributed by atoms with Crippen molar-refractivity contribution in [1.29, 1.82) is 0 Å². The van der Waals surface area contributed by atoms with E-state index in [4.69, 9.17) is 0 Å². The van der Waals surface area contributed by atoms with E-state index in [0.717, 1.165) is 12.8 Å². The Labute approximate surface area is 201 Å². The number of anilines is 1. The van der Waals surface area contributed by atoms with Gasteiger partial charge in [0.15, 0.2) is 0 Å². The second-order valence-corrected chi connectivity index (χ2v) is 8.75. The van der Waals surface area contributed by atoms with Crippen molar-refractivity contribution in [3.8, 4) is 0 Å². The van der Waals surface area contributed by atoms with Crippen LogP contribution in [0.1, 0.15) is 53.0 Å². The zero-order valence-corrected chi connectivity index (χ0v) is 21.2. The maximum atomic E-state index is 3.82. The maximum absolute atomic E-state index is 3.82. The summed E-state index contributed by atoms with van der Waals surface area (Å²) in [5, 5.41) is 0. The lowest BCUT2D eigenvalue weighted by molar-refractivity contribution is 0.519. The predicted octanol–water partition coefficient (Wildman–Crippen LogP) is 8.95. The van der Waals surface area contributed by atoms with Crippen LogP contribution in [0.15, 0.2) is 119 Å². The van der Waals surface area contributed by atoms with Gasteiger partial charge < -0.3 is 4.90 Å². The molecule has 0 fully saturated rings. The monoisotopic (exact) mass is 437 g/mol. The van der Waals surface area contributed by atoms with Crippen LogP contribution >= 0.6 is 0 Å². The van der Waals surface area contributed by atoms with E-state index in [1.807, 2.05) is 12.2 Å². The molecule has 2 atom stereocenters. The topological polar surface area (TPSA) is 3.24 Å². The standard InChI is InChI=1S/C32H39N/c1-8-13-14-16-24(7)33(25-21-19-23(6)20-22-25)31(12-5)30-18-15-17-29-27(10-3)26(9-2)28(11-4)32(29)30/h8-10,13-22,30-31H,1,11-12H2,2-7H3/b14-13-,24-16+,26-9+,27-10+. The normalized spacial score (nSPS) is 21.7. The SMILES string of the molecule is C=C/C=C\C=C(/C)N(c1ccc(C)cc1)C(CC)C1C=CC=C2C1=C(CC)C(=C/C)/C2=C\C. The van der Waals surface area contributed by atoms with Gasteiger partial charge in [-0.3, -0.25) is 0 Å². The van der Waals surface area contributed by atoms with E-state index in [1.54, 1.807) is 0 Å². The lowest BCUT2D eigenvalue weighted by Crippen LogP contribution is -2.40. The van der Waals surface area contributed by atoms with E-state index in [-0.39, 0.29) is 0 Å². The van der Waals surface area contributed by atoms with Crippen LogP contribution in [0.4, 0.5) is 5.69 Å². The molecule has 1 aromatic carbocycles. The average molecular weight is 438 g/mol. The Hall–Kier alpha value is -3.06. The molecule has 33 heavy (non-hydrogen) atoms. The minimum atomic E-state index is 0.312. The van der Waals surface area contributed by atoms with E-state index in [0.29, 0.717) is 12.0 Å². The first-order chi connectivity index (χ1) is 16.0. The molecule has 0 saturated heterocycles. The Morgan fingerprint density at radius 2 is 1.76 bits per heavy atom. The largest absolute Gasteiger partial charge is 0.341 e. The second-order valence-electron chi connectivity index (χ2n) is 8.75. The first-order valence-corrected chi connectivity index (χ1v) is 12.3. The van der Waals surface area contributed by atoms with Gasteiger partial charge in [0.05, 0.1) is 0 Å². The Bertz CT molecular complexity index is 1080. The molecule has 2 unspecified atom stereocenters. The number of benzene rings is 1. The number of allylic oxidation sites excluding steroid dienone is 13. The molecule has 0 radical (unpaired) electrons. The van der Waals surface area contributed by atoms with Gasteiger partial charge in [0.1, 0.15) is 0 Å². The number of nitrogens with zero attached hydrogens (tertiary/aromatic N) is 1. The molecular weight excluding hydrogens is 398 g/mol. The Morgan fingerprint density at radius 1 is 1.06 bits per heavy atom. The fraction of sp³-hybridized carbons (Fsp3) is 0.312. The predicted molar refractivity (Wildman–Crippen MR) is 146 cm³/mol. The average Bonchev–Trinajstić information content (AvgIpc) is 3.16. The maximum Gasteiger partial charge on any atom is 0.0439 e. The van der Waals surface area contributed by atoms with Crippen molar-refractivity contribution in [3.63, 3.8) is 0 Å². The van der Waals surface area contributed by atoms with Gasteiger partial charge in [0.2, 0.25) is 0 Å². The van der Waals surface area contributed by atoms with Gasteiger partial charge in [-0.25, -0.2) is 0 Å². The number of hydrogen-bond acceptors (Lipinski definition) is 1. The third-order valence-electron chi connectivity index (χ3n) is 6.81. The fourth-order valence-corrected chi connectivity index (χ4v) is 5.34. The molecule has 0 aliphatic heterocycles. The van der Waals surface area contributed by atoms with Gasteiger partial charge in [-0.05, 0) is 86.6 Å². The zero-order chi connectivity index (χ0) is 24.0. The Morgan fingerprint density at radius 3 is 2.33 bits per heavy atom. The zero-order valence-electron chi connectivity index (χ0n) is 21.2. The van der Waals surface area contributed by atoms with E-state index >= 15 is 0 Å². The van der Waals surface area contributed by atoms with Crippen LogP contribution in [-0.4, -0.2) is 6.04 Å². The highest BCUT2D eigenvalue weighted by Gasteiger charge is 2.37. The van der Waals surface area contributed by atoms with Crippen molar-refractivity contribution in [1.82, 2.24) is 0 Å². The van der Waals surface area contributed by atoms with E-state index < -0.39 is 0 Å². The summed E-state index contributed by atoms with van der Waals surface area (Å²) in [5.41, 5.74) is 11.0. The van der Waals surface area contributed by atoms with Crippen LogP contribution < -0.4 is 4.90 Å². The molecule has 1 nitrogen and oxygen atoms in total. The van der Waals surface area contributed by atoms with Crippen LogP contribution in [0.3, 0.4) is 0 Å². The van der Waals surface area contributed by atoms with Gasteiger partial charge in [0.25, 0.3) is 0 Å². The molecule has 0 spiro atoms. The molecule has 3 rings (SSSR count). The quantitative estimate of drug-likeness (QED) is 0.367. The minimum absolute atomic E-state index is 0.312. The summed E-state index contributed by atoms with van der Waals surface area (Å²) < 4.78 is 0. The molecule has 0 aromatic heterocycles. The van der Waals surface area contributed by atoms with Crippen molar-refractivity contribution >= 4 is 5.69 Å². The highest BCUT2D eigenvalue weighted by atomic mass is 15.2. The molecule has 1 aromatic rings. The molecule has 0 N–H and O–H groups in total. The smallest absolute Gasteiger partial charge is 0.0439 e. The van der Waals surface area contributed by atoms with Crippen LogP contribution in [-0.2, 0) is 0 Å². The van der Waals surface area contributed by atoms with E-state index in [2.05, 4.69) is 120 Å². The van der Waals surface area contributed by atoms with Crippen LogP contribution in [0, 0.1) is 12.8 Å². The molecule has 1 heteroatoms. The van der Waals surface area contributed by atoms with Crippen LogP contribution in [0.5, 0.6) is 0 Å². The fourth-order valence-electron chi connectivity index (χ4n) is 5.34. The summed E-state index contributed by atoms with van der Waals surface area (Å²) in [4.78, 5) is 2.54. The summed E-state index contributed by atoms with van der Waals surface area (Å²) in [5.74, 6) is 0.324. The molecule has 0 amide bonds. The van der Waals surface area contributed by atoms with E-state index in [1.165, 1.54) is 44.8 Å². The Balaban J connectivity index is 2.17. The Kier molecular flexibility index (Phi) is 8.33. The van der Waals surface area contributed by atoms with Gasteiger partial charge >= 0.3 is 0 Å². The van der Waals surface area contributed by atoms with Gasteiger partial charge in [0, 0.05) is 23.3 Å². The number of hydrogen-bond donors (Lipinski definition) is 0. The molecule has 172 valence electrons. The lowest BCUT2D eigenvalue weighted by Gasteiger charge is -2.40. The molecule has 2 aliphatic rings. The molecule has 2 aliphatic carbocycles. The van der Waals surface area contributed by atoms with Crippen molar-refractivity contribution in [2.24, 2.45) is 5.92 Å². The summed E-state index contributed by atoms with van der Waals surface area (Å²) in [7, 11) is 0. The molecule has 0 bridgehead atoms. The first kappa shape index (κ1) is 24.6. The van der Waals surface area contributed by atoms with Crippen molar-refractivity contribution in [3.05, 3.63) is 125 Å². The summed E-state index contributed by atoms with van der Waals surface area (Å²) in [6.07, 6.45) is 21.8. The number of fused-ring (bicyclic) bond motifs is 1. The third-order valence-corrected chi connectivity index (χ3v) is 6.81. The number of rotatable bonds is 8. The highest BCUT2D eigenvalue weighted by molar-refractivity contribution is 5.74. The van der Waals surface area contributed by atoms with Crippen molar-refractivity contribution in [2.75, 3.05) is 4.90 Å². The van der Waals surface area contributed by atoms with Gasteiger partial charge in [-0.2, -0.15) is 0 Å². The molecule has 0 heterocycles. The van der Waals surface area contributed by atoms with Crippen molar-refractivity contribution < 1.29 is 0 Å². The number of aryl methyl sites for hydroxylation is 1. The summed E-state index contributed by atoms with van der Waals surface area (Å²) >= 11 is 0. The molecular formula is C32H39N. The summed E-state index contributed by atoms with van der Waals surface area (Å²) in [6.45, 7) is 17.1.